The van der Waals surface area contributed by atoms with Crippen LogP contribution in [0, 0.1) is 17.0 Å². The maximum atomic E-state index is 11.7. The molecule has 0 rings (SSSR count). The molecular weight excluding hydrogens is 282 g/mol. The van der Waals surface area contributed by atoms with Crippen LogP contribution in [0.2, 0.25) is 0 Å². The van der Waals surface area contributed by atoms with Crippen LogP contribution in [0.4, 0.5) is 0 Å². The van der Waals surface area contributed by atoms with Crippen molar-refractivity contribution in [1.82, 2.24) is 5.01 Å². The van der Waals surface area contributed by atoms with Crippen molar-refractivity contribution in [1.29, 1.82) is 0 Å². The zero-order chi connectivity index (χ0) is 16.7. The van der Waals surface area contributed by atoms with Gasteiger partial charge in [0.05, 0.1) is 17.9 Å². The van der Waals surface area contributed by atoms with Crippen molar-refractivity contribution < 1.29 is 29.2 Å². The van der Waals surface area contributed by atoms with Gasteiger partial charge in [-0.1, -0.05) is 27.7 Å². The van der Waals surface area contributed by atoms with Crippen LogP contribution in [-0.2, 0) is 19.2 Å². The lowest BCUT2D eigenvalue weighted by Crippen LogP contribution is -2.45. The lowest BCUT2D eigenvalue weighted by molar-refractivity contribution is -0.713. The first-order valence-corrected chi connectivity index (χ1v) is 6.58. The molecule has 0 saturated carbocycles. The second-order valence-corrected chi connectivity index (χ2v) is 5.20. The fourth-order valence-corrected chi connectivity index (χ4v) is 1.47. The predicted octanol–water partition coefficient (Wildman–Crippen LogP) is 1.38. The molecule has 0 aliphatic carbocycles. The highest BCUT2D eigenvalue weighted by Gasteiger charge is 2.32. The highest BCUT2D eigenvalue weighted by molar-refractivity contribution is 5.73. The Morgan fingerprint density at radius 1 is 1.24 bits per heavy atom. The minimum absolute atomic E-state index is 0.0124. The number of esters is 1. The number of carbonyl (C=O) groups excluding carboxylic acids is 1. The lowest BCUT2D eigenvalue weighted by atomic mass is 10.1. The SMILES string of the molecule is CC(ON=[N+]([O-])N(C)[C@H](C(=O)O)C(C)C)OC(=O)C(C)C. The van der Waals surface area contributed by atoms with Crippen molar-refractivity contribution in [2.24, 2.45) is 17.1 Å². The Morgan fingerprint density at radius 3 is 2.14 bits per heavy atom. The molecule has 0 aromatic rings. The Kier molecular flexibility index (Phi) is 7.46. The Morgan fingerprint density at radius 2 is 1.76 bits per heavy atom. The van der Waals surface area contributed by atoms with E-state index in [-0.39, 0.29) is 16.8 Å². The average molecular weight is 305 g/mol. The molecule has 0 aliphatic heterocycles. The van der Waals surface area contributed by atoms with Crippen LogP contribution in [0.1, 0.15) is 34.6 Å². The van der Waals surface area contributed by atoms with Crippen molar-refractivity contribution in [3.05, 3.63) is 5.21 Å². The van der Waals surface area contributed by atoms with Gasteiger partial charge in [0.15, 0.2) is 6.04 Å². The second kappa shape index (κ2) is 8.28. The number of aliphatic carboxylic acids is 1. The van der Waals surface area contributed by atoms with Crippen LogP contribution in [0.25, 0.3) is 0 Å². The number of hydrazine groups is 1. The van der Waals surface area contributed by atoms with Gasteiger partial charge in [0.2, 0.25) is 5.28 Å². The van der Waals surface area contributed by atoms with E-state index in [9.17, 15) is 14.8 Å². The monoisotopic (exact) mass is 305 g/mol. The molecule has 0 heterocycles. The van der Waals surface area contributed by atoms with Crippen LogP contribution in [0.3, 0.4) is 0 Å². The number of hydrogen-bond donors (Lipinski definition) is 1. The van der Waals surface area contributed by atoms with Crippen LogP contribution >= 0.6 is 0 Å². The van der Waals surface area contributed by atoms with Crippen molar-refractivity contribution >= 4 is 11.9 Å². The van der Waals surface area contributed by atoms with Gasteiger partial charge in [-0.2, -0.15) is 0 Å². The predicted molar refractivity (Wildman–Crippen MR) is 71.6 cm³/mol. The van der Waals surface area contributed by atoms with Gasteiger partial charge in [0.25, 0.3) is 6.29 Å². The van der Waals surface area contributed by atoms with E-state index < -0.39 is 24.3 Å². The smallest absolute Gasteiger partial charge is 0.332 e. The van der Waals surface area contributed by atoms with Gasteiger partial charge in [0.1, 0.15) is 0 Å². The average Bonchev–Trinajstić information content (AvgIpc) is 2.34. The van der Waals surface area contributed by atoms with Crippen molar-refractivity contribution in [3.63, 3.8) is 0 Å². The number of nitrogens with zero attached hydrogens (tertiary/aromatic N) is 3. The Hall–Kier alpha value is -2.06. The summed E-state index contributed by atoms with van der Waals surface area (Å²) in [5.74, 6) is -2.29. The third kappa shape index (κ3) is 6.28. The number of ether oxygens (including phenoxy) is 1. The molecule has 122 valence electrons. The molecule has 0 bridgehead atoms. The first-order chi connectivity index (χ1) is 9.57. The minimum Gasteiger partial charge on any atom is -0.569 e. The minimum atomic E-state index is -1.15. The zero-order valence-electron chi connectivity index (χ0n) is 13.1. The molecule has 2 atom stereocenters. The topological polar surface area (TPSA) is 114 Å². The van der Waals surface area contributed by atoms with E-state index in [2.05, 4.69) is 5.28 Å². The Bertz CT molecular complexity index is 396. The van der Waals surface area contributed by atoms with Crippen LogP contribution < -0.4 is 0 Å². The number of rotatable bonds is 8. The molecule has 21 heavy (non-hydrogen) atoms. The largest absolute Gasteiger partial charge is 0.569 e. The summed E-state index contributed by atoms with van der Waals surface area (Å²) in [5, 5.41) is 24.8. The maximum absolute atomic E-state index is 11.7. The summed E-state index contributed by atoms with van der Waals surface area (Å²) in [6.07, 6.45) is -1.05. The van der Waals surface area contributed by atoms with E-state index in [0.29, 0.717) is 0 Å². The third-order valence-electron chi connectivity index (χ3n) is 2.58. The number of carboxylic acids is 1. The van der Waals surface area contributed by atoms with Crippen molar-refractivity contribution in [2.75, 3.05) is 7.05 Å². The summed E-state index contributed by atoms with van der Waals surface area (Å²) in [5.41, 5.74) is 0. The fourth-order valence-electron chi connectivity index (χ4n) is 1.47. The first-order valence-electron chi connectivity index (χ1n) is 6.58. The molecule has 0 aromatic carbocycles. The normalized spacial score (nSPS) is 14.8. The Labute approximate surface area is 123 Å². The molecule has 0 aromatic heterocycles. The molecule has 0 radical (unpaired) electrons. The van der Waals surface area contributed by atoms with E-state index in [1.165, 1.54) is 14.0 Å². The van der Waals surface area contributed by atoms with Gasteiger partial charge < -0.3 is 15.1 Å². The Balaban J connectivity index is 4.66. The summed E-state index contributed by atoms with van der Waals surface area (Å²) in [4.78, 5) is 27.1. The van der Waals surface area contributed by atoms with E-state index in [0.717, 1.165) is 5.01 Å². The van der Waals surface area contributed by atoms with Gasteiger partial charge in [-0.3, -0.25) is 9.63 Å². The lowest BCUT2D eigenvalue weighted by Gasteiger charge is -2.23. The third-order valence-corrected chi connectivity index (χ3v) is 2.58. The maximum Gasteiger partial charge on any atom is 0.332 e. The first kappa shape index (κ1) is 18.9. The number of carboxylic acid groups (broad SMARTS) is 1. The van der Waals surface area contributed by atoms with E-state index in [4.69, 9.17) is 14.7 Å². The van der Waals surface area contributed by atoms with E-state index in [1.807, 2.05) is 0 Å². The number of likely N-dealkylation sites (N-methyl/N-ethyl adjacent to an activating group) is 1. The number of hydrogen-bond acceptors (Lipinski definition) is 6. The molecule has 0 aliphatic rings. The van der Waals surface area contributed by atoms with Gasteiger partial charge in [0, 0.05) is 6.92 Å². The zero-order valence-corrected chi connectivity index (χ0v) is 13.1. The van der Waals surface area contributed by atoms with Crippen LogP contribution in [-0.4, -0.2) is 46.4 Å². The highest BCUT2D eigenvalue weighted by atomic mass is 16.8. The van der Waals surface area contributed by atoms with Crippen molar-refractivity contribution in [3.8, 4) is 0 Å². The summed E-state index contributed by atoms with van der Waals surface area (Å²) in [6.45, 7) is 8.03. The molecular formula is C12H23N3O6. The summed E-state index contributed by atoms with van der Waals surface area (Å²) in [7, 11) is 1.28. The summed E-state index contributed by atoms with van der Waals surface area (Å²) >= 11 is 0. The molecule has 1 unspecified atom stereocenters. The van der Waals surface area contributed by atoms with E-state index in [1.54, 1.807) is 27.7 Å². The molecule has 9 heteroatoms. The van der Waals surface area contributed by atoms with Crippen LogP contribution in [0.5, 0.6) is 0 Å². The molecule has 0 spiro atoms. The quantitative estimate of drug-likeness (QED) is 0.237. The van der Waals surface area contributed by atoms with Crippen molar-refractivity contribution in [2.45, 2.75) is 47.0 Å². The molecule has 0 saturated heterocycles. The molecule has 0 amide bonds. The second-order valence-electron chi connectivity index (χ2n) is 5.20. The highest BCUT2D eigenvalue weighted by Crippen LogP contribution is 2.10. The van der Waals surface area contributed by atoms with Gasteiger partial charge in [-0.25, -0.2) is 4.79 Å². The molecule has 1 N–H and O–H groups in total. The molecule has 0 fully saturated rings. The number of carbonyl (C=O) groups is 2. The van der Waals surface area contributed by atoms with Gasteiger partial charge in [-0.05, 0) is 5.92 Å². The fraction of sp³-hybridized carbons (Fsp3) is 0.833. The van der Waals surface area contributed by atoms with Crippen LogP contribution in [0.15, 0.2) is 5.28 Å². The summed E-state index contributed by atoms with van der Waals surface area (Å²) in [6, 6.07) is -1.05. The van der Waals surface area contributed by atoms with E-state index >= 15 is 0 Å². The molecule has 9 nitrogen and oxygen atoms in total. The van der Waals surface area contributed by atoms with Gasteiger partial charge in [-0.15, -0.1) is 5.01 Å². The standard InChI is InChI=1S/C12H23N3O6/c1-7(2)10(11(16)17)14(6)15(19)13-21-9(5)20-12(18)8(3)4/h7-10H,1-6H3,(H,16,17)/t9?,10-/m0/s1. The summed E-state index contributed by atoms with van der Waals surface area (Å²) < 4.78 is 4.84. The van der Waals surface area contributed by atoms with Gasteiger partial charge >= 0.3 is 11.9 Å².